The summed E-state index contributed by atoms with van der Waals surface area (Å²) in [5.74, 6) is 0.671. The van der Waals surface area contributed by atoms with Gasteiger partial charge in [-0.3, -0.25) is 4.79 Å². The summed E-state index contributed by atoms with van der Waals surface area (Å²) in [4.78, 5) is 21.7. The van der Waals surface area contributed by atoms with E-state index in [1.807, 2.05) is 62.5 Å². The lowest BCUT2D eigenvalue weighted by atomic mass is 10.2. The Morgan fingerprint density at radius 3 is 2.48 bits per heavy atom. The topological polar surface area (TPSA) is 49.0 Å². The number of anilines is 1. The molecule has 0 saturated heterocycles. The average Bonchev–Trinajstić information content (AvgIpc) is 2.54. The van der Waals surface area contributed by atoms with Crippen molar-refractivity contribution in [2.75, 3.05) is 11.9 Å². The van der Waals surface area contributed by atoms with Crippen LogP contribution in [-0.4, -0.2) is 17.0 Å². The van der Waals surface area contributed by atoms with Crippen LogP contribution >= 0.6 is 0 Å². The van der Waals surface area contributed by atoms with Crippen LogP contribution in [0, 0.1) is 0 Å². The summed E-state index contributed by atoms with van der Waals surface area (Å²) in [5.41, 5.74) is 1.72. The Morgan fingerprint density at radius 2 is 1.71 bits per heavy atom. The zero-order valence-corrected chi connectivity index (χ0v) is 12.1. The van der Waals surface area contributed by atoms with Gasteiger partial charge in [0.05, 0.1) is 16.9 Å². The molecule has 3 aromatic rings. The van der Waals surface area contributed by atoms with Crippen molar-refractivity contribution in [3.63, 3.8) is 0 Å². The molecule has 1 atom stereocenters. The van der Waals surface area contributed by atoms with E-state index in [4.69, 9.17) is 0 Å². The van der Waals surface area contributed by atoms with E-state index in [1.54, 1.807) is 6.07 Å². The zero-order chi connectivity index (χ0) is 14.8. The molecule has 3 rings (SSSR count). The van der Waals surface area contributed by atoms with Crippen LogP contribution in [-0.2, 0) is 0 Å². The summed E-state index contributed by atoms with van der Waals surface area (Å²) >= 11 is 0. The Morgan fingerprint density at radius 1 is 1.05 bits per heavy atom. The lowest BCUT2D eigenvalue weighted by Gasteiger charge is -2.26. The summed E-state index contributed by atoms with van der Waals surface area (Å²) in [6, 6.07) is 17.4. The molecule has 1 unspecified atom stereocenters. The molecular formula is C17H17N3O. The molecule has 0 bridgehead atoms. The summed E-state index contributed by atoms with van der Waals surface area (Å²) in [6.07, 6.45) is 0. The predicted molar refractivity (Wildman–Crippen MR) is 85.6 cm³/mol. The van der Waals surface area contributed by atoms with Crippen LogP contribution in [0.4, 0.5) is 5.69 Å². The number of fused-ring (bicyclic) bond motifs is 1. The Kier molecular flexibility index (Phi) is 3.44. The molecule has 4 heteroatoms. The molecule has 0 fully saturated rings. The third kappa shape index (κ3) is 2.52. The van der Waals surface area contributed by atoms with Crippen LogP contribution in [0.3, 0.4) is 0 Å². The van der Waals surface area contributed by atoms with Gasteiger partial charge in [-0.05, 0) is 31.2 Å². The fourth-order valence-corrected chi connectivity index (χ4v) is 2.37. The molecule has 106 valence electrons. The number of hydrogen-bond acceptors (Lipinski definition) is 3. The highest BCUT2D eigenvalue weighted by Crippen LogP contribution is 2.22. The molecule has 1 N–H and O–H groups in total. The smallest absolute Gasteiger partial charge is 0.258 e. The number of aromatic nitrogens is 2. The van der Waals surface area contributed by atoms with Gasteiger partial charge in [0, 0.05) is 12.7 Å². The van der Waals surface area contributed by atoms with Crippen molar-refractivity contribution < 1.29 is 0 Å². The van der Waals surface area contributed by atoms with Crippen LogP contribution in [0.2, 0.25) is 0 Å². The van der Waals surface area contributed by atoms with Crippen molar-refractivity contribution in [1.82, 2.24) is 9.97 Å². The van der Waals surface area contributed by atoms with Crippen LogP contribution in [0.5, 0.6) is 0 Å². The normalized spacial score (nSPS) is 12.3. The summed E-state index contributed by atoms with van der Waals surface area (Å²) in [7, 11) is 2.00. The van der Waals surface area contributed by atoms with Crippen LogP contribution in [0.25, 0.3) is 10.9 Å². The summed E-state index contributed by atoms with van der Waals surface area (Å²) in [6.45, 7) is 2.03. The van der Waals surface area contributed by atoms with Crippen LogP contribution in [0.1, 0.15) is 18.8 Å². The van der Waals surface area contributed by atoms with Gasteiger partial charge >= 0.3 is 0 Å². The van der Waals surface area contributed by atoms with Gasteiger partial charge in [-0.1, -0.05) is 30.3 Å². The van der Waals surface area contributed by atoms with Gasteiger partial charge < -0.3 is 9.88 Å². The lowest BCUT2D eigenvalue weighted by Crippen LogP contribution is -2.25. The molecule has 1 heterocycles. The predicted octanol–water partition coefficient (Wildman–Crippen LogP) is 3.12. The fourth-order valence-electron chi connectivity index (χ4n) is 2.37. The number of hydrogen-bond donors (Lipinski definition) is 1. The largest absolute Gasteiger partial charge is 0.365 e. The first kappa shape index (κ1) is 13.4. The minimum atomic E-state index is -0.0936. The minimum absolute atomic E-state index is 0.0234. The molecule has 0 spiro atoms. The van der Waals surface area contributed by atoms with E-state index in [0.29, 0.717) is 11.2 Å². The van der Waals surface area contributed by atoms with Gasteiger partial charge in [0.1, 0.15) is 5.82 Å². The highest BCUT2D eigenvalue weighted by atomic mass is 16.1. The second-order valence-corrected chi connectivity index (χ2v) is 5.09. The second-order valence-electron chi connectivity index (χ2n) is 5.09. The number of nitrogens with one attached hydrogen (secondary N) is 1. The van der Waals surface area contributed by atoms with Crippen LogP contribution < -0.4 is 10.5 Å². The lowest BCUT2D eigenvalue weighted by molar-refractivity contribution is 0.686. The third-order valence-electron chi connectivity index (χ3n) is 3.77. The maximum Gasteiger partial charge on any atom is 0.258 e. The number of H-pyrrole nitrogens is 1. The monoisotopic (exact) mass is 279 g/mol. The summed E-state index contributed by atoms with van der Waals surface area (Å²) < 4.78 is 0. The van der Waals surface area contributed by atoms with Crippen LogP contribution in [0.15, 0.2) is 59.4 Å². The molecule has 0 saturated carbocycles. The highest BCUT2D eigenvalue weighted by Gasteiger charge is 2.15. The zero-order valence-electron chi connectivity index (χ0n) is 12.1. The maximum absolute atomic E-state index is 12.1. The molecule has 0 amide bonds. The molecule has 0 radical (unpaired) electrons. The number of para-hydroxylation sites is 2. The fraction of sp³-hybridized carbons (Fsp3) is 0.176. The van der Waals surface area contributed by atoms with E-state index < -0.39 is 0 Å². The van der Waals surface area contributed by atoms with E-state index in [9.17, 15) is 4.79 Å². The third-order valence-corrected chi connectivity index (χ3v) is 3.77. The van der Waals surface area contributed by atoms with E-state index in [1.165, 1.54) is 0 Å². The first-order valence-electron chi connectivity index (χ1n) is 6.93. The van der Waals surface area contributed by atoms with Gasteiger partial charge in [0.25, 0.3) is 5.56 Å². The first-order valence-corrected chi connectivity index (χ1v) is 6.93. The number of rotatable bonds is 3. The van der Waals surface area contributed by atoms with Gasteiger partial charge in [0.15, 0.2) is 0 Å². The number of nitrogens with zero attached hydrogens (tertiary/aromatic N) is 2. The molecule has 21 heavy (non-hydrogen) atoms. The van der Waals surface area contributed by atoms with E-state index in [0.717, 1.165) is 11.2 Å². The van der Waals surface area contributed by atoms with E-state index in [2.05, 4.69) is 14.9 Å². The van der Waals surface area contributed by atoms with Gasteiger partial charge in [-0.15, -0.1) is 0 Å². The average molecular weight is 279 g/mol. The van der Waals surface area contributed by atoms with Crippen molar-refractivity contribution in [2.24, 2.45) is 0 Å². The molecule has 2 aromatic carbocycles. The first-order chi connectivity index (χ1) is 10.2. The van der Waals surface area contributed by atoms with Gasteiger partial charge in [-0.2, -0.15) is 0 Å². The quantitative estimate of drug-likeness (QED) is 0.801. The van der Waals surface area contributed by atoms with Crippen molar-refractivity contribution in [2.45, 2.75) is 13.0 Å². The number of benzene rings is 2. The molecule has 4 nitrogen and oxygen atoms in total. The summed E-state index contributed by atoms with van der Waals surface area (Å²) in [5, 5.41) is 0.621. The van der Waals surface area contributed by atoms with Gasteiger partial charge in [0.2, 0.25) is 0 Å². The molecule has 0 aliphatic heterocycles. The van der Waals surface area contributed by atoms with Crippen molar-refractivity contribution in [3.8, 4) is 0 Å². The van der Waals surface area contributed by atoms with Gasteiger partial charge in [-0.25, -0.2) is 4.98 Å². The van der Waals surface area contributed by atoms with Crippen molar-refractivity contribution >= 4 is 16.6 Å². The van der Waals surface area contributed by atoms with E-state index >= 15 is 0 Å². The SMILES string of the molecule is CC(c1nc2ccccc2c(=O)[nH]1)N(C)c1ccccc1. The Balaban J connectivity index is 2.02. The molecule has 0 aliphatic carbocycles. The Hall–Kier alpha value is -2.62. The standard InChI is InChI=1S/C17H17N3O/c1-12(20(2)13-8-4-3-5-9-13)16-18-15-11-7-6-10-14(15)17(21)19-16/h3-12H,1-2H3,(H,18,19,21). The minimum Gasteiger partial charge on any atom is -0.365 e. The van der Waals surface area contributed by atoms with E-state index in [-0.39, 0.29) is 11.6 Å². The molecule has 0 aliphatic rings. The maximum atomic E-state index is 12.1. The highest BCUT2D eigenvalue weighted by molar-refractivity contribution is 5.77. The van der Waals surface area contributed by atoms with Crippen molar-refractivity contribution in [1.29, 1.82) is 0 Å². The molecular weight excluding hydrogens is 262 g/mol. The Labute approximate surface area is 123 Å². The van der Waals surface area contributed by atoms with Crippen molar-refractivity contribution in [3.05, 3.63) is 70.8 Å². The molecule has 1 aromatic heterocycles. The number of aromatic amines is 1. The second kappa shape index (κ2) is 5.40. The Bertz CT molecular complexity index is 811.